The summed E-state index contributed by atoms with van der Waals surface area (Å²) in [7, 11) is 0. The van der Waals surface area contributed by atoms with E-state index in [-0.39, 0.29) is 17.5 Å². The lowest BCUT2D eigenvalue weighted by atomic mass is 9.79. The minimum absolute atomic E-state index is 0.0471. The van der Waals surface area contributed by atoms with Crippen molar-refractivity contribution in [3.63, 3.8) is 0 Å². The van der Waals surface area contributed by atoms with Gasteiger partial charge >= 0.3 is 5.97 Å². The number of rotatable bonds is 1. The summed E-state index contributed by atoms with van der Waals surface area (Å²) in [5.74, 6) is 1.17. The van der Waals surface area contributed by atoms with Gasteiger partial charge in [0, 0.05) is 12.3 Å². The molecule has 4 aliphatic rings. The summed E-state index contributed by atoms with van der Waals surface area (Å²) in [6.07, 6.45) is 7.06. The van der Waals surface area contributed by atoms with Crippen LogP contribution in [0.2, 0.25) is 0 Å². The van der Waals surface area contributed by atoms with E-state index in [0.29, 0.717) is 18.6 Å². The Morgan fingerprint density at radius 1 is 1.14 bits per heavy atom. The Hall–Kier alpha value is -0.870. The molecule has 0 aromatic heterocycles. The minimum Gasteiger partial charge on any atom is -0.458 e. The Balaban J connectivity index is 1.64. The van der Waals surface area contributed by atoms with Crippen LogP contribution in [0.5, 0.6) is 0 Å². The van der Waals surface area contributed by atoms with Gasteiger partial charge in [0.1, 0.15) is 12.9 Å². The van der Waals surface area contributed by atoms with Crippen molar-refractivity contribution in [2.45, 2.75) is 51.6 Å². The Bertz CT molecular complexity index is 475. The molecule has 1 spiro atoms. The molecular weight excluding hydrogens is 268 g/mol. The summed E-state index contributed by atoms with van der Waals surface area (Å²) in [6.45, 7) is 3.61. The number of ether oxygens (including phenoxy) is 3. The van der Waals surface area contributed by atoms with Crippen LogP contribution in [0.25, 0.3) is 0 Å². The second kappa shape index (κ2) is 5.10. The summed E-state index contributed by atoms with van der Waals surface area (Å²) in [5, 5.41) is 0. The standard InChI is InChI=1S/C17H24O4/c1-11(18)21-15-5-4-12-2-3-13-6-17(7-14(13)16(12)15)8-19-10-20-9-17/h12-13,15H,2-10H2,1H3/t12-,13+,15?/m1/s1. The van der Waals surface area contributed by atoms with Crippen LogP contribution in [0.4, 0.5) is 0 Å². The highest BCUT2D eigenvalue weighted by atomic mass is 16.7. The van der Waals surface area contributed by atoms with E-state index in [0.717, 1.165) is 26.1 Å². The lowest BCUT2D eigenvalue weighted by Crippen LogP contribution is -2.35. The first-order valence-corrected chi connectivity index (χ1v) is 8.22. The van der Waals surface area contributed by atoms with Crippen LogP contribution in [0.1, 0.15) is 45.4 Å². The maximum absolute atomic E-state index is 11.4. The summed E-state index contributed by atoms with van der Waals surface area (Å²) in [5.41, 5.74) is 3.25. The number of hydrogen-bond donors (Lipinski definition) is 0. The zero-order chi connectivity index (χ0) is 14.4. The topological polar surface area (TPSA) is 44.8 Å². The third kappa shape index (κ3) is 2.33. The number of hydrogen-bond acceptors (Lipinski definition) is 4. The van der Waals surface area contributed by atoms with Crippen molar-refractivity contribution < 1.29 is 19.0 Å². The summed E-state index contributed by atoms with van der Waals surface area (Å²) in [6, 6.07) is 0. The summed E-state index contributed by atoms with van der Waals surface area (Å²) >= 11 is 0. The van der Waals surface area contributed by atoms with Crippen LogP contribution in [0.15, 0.2) is 11.1 Å². The maximum atomic E-state index is 11.4. The van der Waals surface area contributed by atoms with Crippen molar-refractivity contribution in [2.24, 2.45) is 17.3 Å². The normalized spacial score (nSPS) is 37.5. The second-order valence-electron chi connectivity index (χ2n) is 7.32. The molecule has 1 unspecified atom stereocenters. The maximum Gasteiger partial charge on any atom is 0.303 e. The molecule has 2 saturated carbocycles. The van der Waals surface area contributed by atoms with E-state index in [9.17, 15) is 4.79 Å². The molecule has 1 aliphatic heterocycles. The fraction of sp³-hybridized carbons (Fsp3) is 0.824. The van der Waals surface area contributed by atoms with E-state index in [1.54, 1.807) is 5.57 Å². The molecule has 0 radical (unpaired) electrons. The van der Waals surface area contributed by atoms with E-state index in [4.69, 9.17) is 14.2 Å². The Labute approximate surface area is 125 Å². The average Bonchev–Trinajstić information content (AvgIpc) is 3.00. The largest absolute Gasteiger partial charge is 0.458 e. The van der Waals surface area contributed by atoms with Crippen LogP contribution in [-0.4, -0.2) is 32.1 Å². The van der Waals surface area contributed by atoms with E-state index in [1.807, 2.05) is 0 Å². The van der Waals surface area contributed by atoms with Gasteiger partial charge in [0.25, 0.3) is 0 Å². The van der Waals surface area contributed by atoms with Gasteiger partial charge in [-0.25, -0.2) is 0 Å². The SMILES string of the molecule is CC(=O)OC1CC[C@H]2CC[C@H]3CC4(COCOC4)CC3=C12. The molecule has 3 aliphatic carbocycles. The zero-order valence-electron chi connectivity index (χ0n) is 12.7. The van der Waals surface area contributed by atoms with Gasteiger partial charge < -0.3 is 14.2 Å². The van der Waals surface area contributed by atoms with Gasteiger partial charge in [-0.3, -0.25) is 4.79 Å². The monoisotopic (exact) mass is 292 g/mol. The fourth-order valence-corrected chi connectivity index (χ4v) is 5.14. The predicted molar refractivity (Wildman–Crippen MR) is 76.5 cm³/mol. The second-order valence-corrected chi connectivity index (χ2v) is 7.32. The first-order valence-electron chi connectivity index (χ1n) is 8.22. The molecule has 4 rings (SSSR count). The van der Waals surface area contributed by atoms with Gasteiger partial charge in [-0.2, -0.15) is 0 Å². The lowest BCUT2D eigenvalue weighted by Gasteiger charge is -2.32. The average molecular weight is 292 g/mol. The van der Waals surface area contributed by atoms with Crippen molar-refractivity contribution in [1.29, 1.82) is 0 Å². The molecule has 0 aromatic rings. The fourth-order valence-electron chi connectivity index (χ4n) is 5.14. The molecule has 4 nitrogen and oxygen atoms in total. The highest BCUT2D eigenvalue weighted by molar-refractivity contribution is 5.66. The first kappa shape index (κ1) is 13.8. The molecule has 1 heterocycles. The molecule has 0 bridgehead atoms. The molecule has 0 aromatic carbocycles. The Kier molecular flexibility index (Phi) is 3.34. The van der Waals surface area contributed by atoms with E-state index < -0.39 is 0 Å². The van der Waals surface area contributed by atoms with Gasteiger partial charge in [-0.15, -0.1) is 0 Å². The molecule has 4 heteroatoms. The van der Waals surface area contributed by atoms with Crippen molar-refractivity contribution in [1.82, 2.24) is 0 Å². The van der Waals surface area contributed by atoms with Gasteiger partial charge in [0.15, 0.2) is 0 Å². The van der Waals surface area contributed by atoms with Crippen LogP contribution >= 0.6 is 0 Å². The van der Waals surface area contributed by atoms with Crippen molar-refractivity contribution in [2.75, 3.05) is 20.0 Å². The van der Waals surface area contributed by atoms with E-state index in [2.05, 4.69) is 0 Å². The minimum atomic E-state index is -0.145. The zero-order valence-corrected chi connectivity index (χ0v) is 12.7. The van der Waals surface area contributed by atoms with Gasteiger partial charge in [-0.05, 0) is 55.9 Å². The molecule has 116 valence electrons. The Morgan fingerprint density at radius 3 is 2.62 bits per heavy atom. The molecule has 1 saturated heterocycles. The summed E-state index contributed by atoms with van der Waals surface area (Å²) < 4.78 is 16.8. The van der Waals surface area contributed by atoms with Crippen LogP contribution < -0.4 is 0 Å². The quantitative estimate of drug-likeness (QED) is 0.550. The van der Waals surface area contributed by atoms with Gasteiger partial charge in [-0.1, -0.05) is 5.57 Å². The molecule has 0 amide bonds. The van der Waals surface area contributed by atoms with Crippen LogP contribution in [0.3, 0.4) is 0 Å². The van der Waals surface area contributed by atoms with Crippen molar-refractivity contribution >= 4 is 5.97 Å². The van der Waals surface area contributed by atoms with Crippen LogP contribution in [0, 0.1) is 17.3 Å². The molecule has 3 fully saturated rings. The number of allylic oxidation sites excluding steroid dienone is 1. The van der Waals surface area contributed by atoms with Crippen molar-refractivity contribution in [3.05, 3.63) is 11.1 Å². The van der Waals surface area contributed by atoms with Crippen molar-refractivity contribution in [3.8, 4) is 0 Å². The molecule has 3 atom stereocenters. The Morgan fingerprint density at radius 2 is 1.86 bits per heavy atom. The number of esters is 1. The lowest BCUT2D eigenvalue weighted by molar-refractivity contribution is -0.162. The van der Waals surface area contributed by atoms with Crippen LogP contribution in [-0.2, 0) is 19.0 Å². The molecule has 0 N–H and O–H groups in total. The molecule has 21 heavy (non-hydrogen) atoms. The number of carbonyl (C=O) groups excluding carboxylic acids is 1. The first-order chi connectivity index (χ1) is 10.2. The number of carbonyl (C=O) groups is 1. The van der Waals surface area contributed by atoms with Gasteiger partial charge in [0.05, 0.1) is 13.2 Å². The van der Waals surface area contributed by atoms with E-state index in [1.165, 1.54) is 38.2 Å². The highest BCUT2D eigenvalue weighted by Gasteiger charge is 2.49. The predicted octanol–water partition coefficient (Wildman–Crippen LogP) is 2.82. The smallest absolute Gasteiger partial charge is 0.303 e. The highest BCUT2D eigenvalue weighted by Crippen LogP contribution is 2.56. The third-order valence-corrected chi connectivity index (χ3v) is 5.83. The summed E-state index contributed by atoms with van der Waals surface area (Å²) in [4.78, 5) is 11.4. The number of fused-ring (bicyclic) bond motifs is 2. The van der Waals surface area contributed by atoms with E-state index >= 15 is 0 Å². The third-order valence-electron chi connectivity index (χ3n) is 5.83. The molecular formula is C17H24O4. The van der Waals surface area contributed by atoms with Gasteiger partial charge in [0.2, 0.25) is 0 Å².